The van der Waals surface area contributed by atoms with E-state index in [9.17, 15) is 14.7 Å². The fourth-order valence-electron chi connectivity index (χ4n) is 0.801. The topological polar surface area (TPSA) is 60.4 Å². The molecule has 0 saturated carbocycles. The van der Waals surface area contributed by atoms with Crippen molar-refractivity contribution in [3.05, 3.63) is 0 Å². The summed E-state index contributed by atoms with van der Waals surface area (Å²) < 4.78 is 0. The Hall–Kier alpha value is -0.0600. The molecule has 0 fully saturated rings. The molecule has 4 nitrogen and oxygen atoms in total. The molecule has 0 heterocycles. The molecule has 0 atom stereocenters. The standard InChI is InChI=1S/C8H15NO3.Na/c1-3-4-5-7(10)9(2)6-8(11)12;/h3-6H2,1-2H3,(H,11,12);/q;+1/p-1. The van der Waals surface area contributed by atoms with Crippen molar-refractivity contribution in [2.75, 3.05) is 13.6 Å². The van der Waals surface area contributed by atoms with Crippen molar-refractivity contribution < 1.29 is 44.3 Å². The van der Waals surface area contributed by atoms with Gasteiger partial charge in [-0.25, -0.2) is 0 Å². The monoisotopic (exact) mass is 195 g/mol. The summed E-state index contributed by atoms with van der Waals surface area (Å²) in [5.41, 5.74) is 0. The summed E-state index contributed by atoms with van der Waals surface area (Å²) in [7, 11) is 1.47. The molecule has 0 aliphatic heterocycles. The summed E-state index contributed by atoms with van der Waals surface area (Å²) in [4.78, 5) is 22.3. The Morgan fingerprint density at radius 3 is 2.31 bits per heavy atom. The smallest absolute Gasteiger partial charge is 0.548 e. The molecule has 0 N–H and O–H groups in total. The molecule has 0 rings (SSSR count). The van der Waals surface area contributed by atoms with E-state index in [1.165, 1.54) is 11.9 Å². The van der Waals surface area contributed by atoms with Crippen LogP contribution >= 0.6 is 0 Å². The van der Waals surface area contributed by atoms with Crippen LogP contribution in [0.4, 0.5) is 0 Å². The maximum atomic E-state index is 11.1. The number of likely N-dealkylation sites (N-methyl/N-ethyl adjacent to an activating group) is 1. The first kappa shape index (κ1) is 15.4. The second-order valence-corrected chi connectivity index (χ2v) is 2.73. The predicted octanol–water partition coefficient (Wildman–Crippen LogP) is -3.61. The molecule has 5 heteroatoms. The van der Waals surface area contributed by atoms with Crippen LogP contribution in [0.15, 0.2) is 0 Å². The van der Waals surface area contributed by atoms with Crippen LogP contribution in [0.2, 0.25) is 0 Å². The number of nitrogens with zero attached hydrogens (tertiary/aromatic N) is 1. The van der Waals surface area contributed by atoms with Crippen LogP contribution in [0.25, 0.3) is 0 Å². The maximum absolute atomic E-state index is 11.1. The predicted molar refractivity (Wildman–Crippen MR) is 42.2 cm³/mol. The van der Waals surface area contributed by atoms with Crippen LogP contribution in [-0.2, 0) is 9.59 Å². The quantitative estimate of drug-likeness (QED) is 0.426. The van der Waals surface area contributed by atoms with E-state index in [-0.39, 0.29) is 42.0 Å². The number of amides is 1. The van der Waals surface area contributed by atoms with Crippen LogP contribution < -0.4 is 34.7 Å². The maximum Gasteiger partial charge on any atom is 1.00 e. The zero-order valence-corrected chi connectivity index (χ0v) is 10.5. The van der Waals surface area contributed by atoms with Gasteiger partial charge in [0.1, 0.15) is 0 Å². The molecule has 0 aromatic rings. The fraction of sp³-hybridized carbons (Fsp3) is 0.750. The Kier molecular flexibility index (Phi) is 10.1. The first-order chi connectivity index (χ1) is 5.57. The Balaban J connectivity index is 0. The number of carboxylic acids is 1. The minimum Gasteiger partial charge on any atom is -0.548 e. The van der Waals surface area contributed by atoms with E-state index < -0.39 is 5.97 Å². The van der Waals surface area contributed by atoms with Gasteiger partial charge in [0.05, 0.1) is 12.5 Å². The van der Waals surface area contributed by atoms with Crippen molar-refractivity contribution in [2.24, 2.45) is 0 Å². The molecule has 70 valence electrons. The van der Waals surface area contributed by atoms with Gasteiger partial charge >= 0.3 is 29.6 Å². The van der Waals surface area contributed by atoms with Crippen LogP contribution in [0.3, 0.4) is 0 Å². The third-order valence-electron chi connectivity index (χ3n) is 1.54. The number of carboxylic acid groups (broad SMARTS) is 1. The molecule has 1 amide bonds. The molecule has 13 heavy (non-hydrogen) atoms. The van der Waals surface area contributed by atoms with E-state index in [4.69, 9.17) is 0 Å². The van der Waals surface area contributed by atoms with Gasteiger partial charge in [-0.3, -0.25) is 4.79 Å². The summed E-state index contributed by atoms with van der Waals surface area (Å²) in [5.74, 6) is -1.36. The Labute approximate surface area is 101 Å². The van der Waals surface area contributed by atoms with Gasteiger partial charge < -0.3 is 14.8 Å². The molecular weight excluding hydrogens is 181 g/mol. The van der Waals surface area contributed by atoms with Gasteiger partial charge in [-0.1, -0.05) is 13.3 Å². The summed E-state index contributed by atoms with van der Waals surface area (Å²) >= 11 is 0. The minimum absolute atomic E-state index is 0. The first-order valence-corrected chi connectivity index (χ1v) is 4.01. The molecule has 0 bridgehead atoms. The van der Waals surface area contributed by atoms with Gasteiger partial charge in [-0.15, -0.1) is 0 Å². The van der Waals surface area contributed by atoms with Crippen LogP contribution in [0.1, 0.15) is 26.2 Å². The molecule has 0 saturated heterocycles. The molecule has 0 unspecified atom stereocenters. The number of aliphatic carboxylic acids is 1. The summed E-state index contributed by atoms with van der Waals surface area (Å²) in [5, 5.41) is 10.1. The average Bonchev–Trinajstić information content (AvgIpc) is 1.98. The average molecular weight is 195 g/mol. The van der Waals surface area contributed by atoms with Crippen molar-refractivity contribution in [2.45, 2.75) is 26.2 Å². The van der Waals surface area contributed by atoms with Gasteiger partial charge in [0, 0.05) is 13.5 Å². The fourth-order valence-corrected chi connectivity index (χ4v) is 0.801. The van der Waals surface area contributed by atoms with E-state index in [2.05, 4.69) is 0 Å². The number of hydrogen-bond donors (Lipinski definition) is 0. The van der Waals surface area contributed by atoms with E-state index >= 15 is 0 Å². The second kappa shape index (κ2) is 8.53. The third-order valence-corrected chi connectivity index (χ3v) is 1.54. The summed E-state index contributed by atoms with van der Waals surface area (Å²) in [6.07, 6.45) is 2.15. The van der Waals surface area contributed by atoms with Gasteiger partial charge in [0.2, 0.25) is 5.91 Å². The van der Waals surface area contributed by atoms with E-state index in [0.717, 1.165) is 12.8 Å². The van der Waals surface area contributed by atoms with Crippen molar-refractivity contribution in [1.29, 1.82) is 0 Å². The molecule has 0 aliphatic rings. The van der Waals surface area contributed by atoms with Gasteiger partial charge in [-0.05, 0) is 6.42 Å². The van der Waals surface area contributed by atoms with Gasteiger partial charge in [0.15, 0.2) is 0 Å². The van der Waals surface area contributed by atoms with E-state index in [1.807, 2.05) is 6.92 Å². The molecule has 0 radical (unpaired) electrons. The normalized spacial score (nSPS) is 8.77. The summed E-state index contributed by atoms with van der Waals surface area (Å²) in [6.45, 7) is 1.66. The second-order valence-electron chi connectivity index (χ2n) is 2.73. The number of rotatable bonds is 5. The van der Waals surface area contributed by atoms with Crippen molar-refractivity contribution >= 4 is 11.9 Å². The van der Waals surface area contributed by atoms with Crippen molar-refractivity contribution in [1.82, 2.24) is 4.90 Å². The molecule has 0 aromatic heterocycles. The van der Waals surface area contributed by atoms with Crippen molar-refractivity contribution in [3.8, 4) is 0 Å². The van der Waals surface area contributed by atoms with Gasteiger partial charge in [0.25, 0.3) is 0 Å². The van der Waals surface area contributed by atoms with E-state index in [1.54, 1.807) is 0 Å². The zero-order chi connectivity index (χ0) is 9.56. The number of carbonyl (C=O) groups excluding carboxylic acids is 2. The molecule has 0 aromatic carbocycles. The SMILES string of the molecule is CCCCC(=O)N(C)CC(=O)[O-].[Na+]. The molecule has 0 spiro atoms. The van der Waals surface area contributed by atoms with Crippen molar-refractivity contribution in [3.63, 3.8) is 0 Å². The Bertz CT molecular complexity index is 173. The number of unbranched alkanes of at least 4 members (excludes halogenated alkanes) is 1. The van der Waals surface area contributed by atoms with Crippen LogP contribution in [0.5, 0.6) is 0 Å². The van der Waals surface area contributed by atoms with Crippen LogP contribution in [-0.4, -0.2) is 30.4 Å². The summed E-state index contributed by atoms with van der Waals surface area (Å²) in [6, 6.07) is 0. The van der Waals surface area contributed by atoms with Gasteiger partial charge in [-0.2, -0.15) is 0 Å². The first-order valence-electron chi connectivity index (χ1n) is 4.01. The Morgan fingerprint density at radius 1 is 1.38 bits per heavy atom. The molecule has 0 aliphatic carbocycles. The Morgan fingerprint density at radius 2 is 1.92 bits per heavy atom. The van der Waals surface area contributed by atoms with E-state index in [0.29, 0.717) is 6.42 Å². The number of hydrogen-bond acceptors (Lipinski definition) is 3. The largest absolute Gasteiger partial charge is 1.00 e. The molecular formula is C8H14NNaO3. The number of carbonyl (C=O) groups is 2. The third kappa shape index (κ3) is 8.28. The van der Waals surface area contributed by atoms with Crippen LogP contribution in [0, 0.1) is 0 Å². The minimum atomic E-state index is -1.22. The zero-order valence-electron chi connectivity index (χ0n) is 8.50.